The number of anilines is 1. The summed E-state index contributed by atoms with van der Waals surface area (Å²) in [6, 6.07) is 13.9. The third-order valence-electron chi connectivity index (χ3n) is 5.38. The molecule has 0 saturated heterocycles. The lowest BCUT2D eigenvalue weighted by Gasteiger charge is -2.14. The molecule has 6 nitrogen and oxygen atoms in total. The first-order chi connectivity index (χ1) is 15.9. The minimum atomic E-state index is -1.04. The van der Waals surface area contributed by atoms with Crippen LogP contribution in [-0.2, 0) is 6.42 Å². The Morgan fingerprint density at radius 3 is 2.64 bits per heavy atom. The maximum Gasteiger partial charge on any atom is 0.162 e. The zero-order valence-electron chi connectivity index (χ0n) is 18.7. The van der Waals surface area contributed by atoms with Crippen molar-refractivity contribution in [3.05, 3.63) is 71.4 Å². The predicted molar refractivity (Wildman–Crippen MR) is 135 cm³/mol. The molecule has 0 aliphatic carbocycles. The number of nitrogens with two attached hydrogens (primary N) is 1. The number of hydrogen-bond acceptors (Lipinski definition) is 7. The summed E-state index contributed by atoms with van der Waals surface area (Å²) in [6.07, 6.45) is 4.76. The van der Waals surface area contributed by atoms with Crippen molar-refractivity contribution >= 4 is 27.4 Å². The number of aromatic nitrogens is 3. The predicted octanol–water partition coefficient (Wildman–Crippen LogP) is 4.25. The summed E-state index contributed by atoms with van der Waals surface area (Å²) in [7, 11) is 0. The Kier molecular flexibility index (Phi) is 6.99. The molecule has 7 heteroatoms. The van der Waals surface area contributed by atoms with Crippen LogP contribution in [0.25, 0.3) is 21.6 Å². The molecule has 3 heterocycles. The van der Waals surface area contributed by atoms with Crippen molar-refractivity contribution < 1.29 is 5.11 Å². The van der Waals surface area contributed by atoms with Crippen LogP contribution in [0.15, 0.2) is 60.2 Å². The van der Waals surface area contributed by atoms with E-state index in [9.17, 15) is 5.11 Å². The van der Waals surface area contributed by atoms with Gasteiger partial charge in [0.05, 0.1) is 10.3 Å². The van der Waals surface area contributed by atoms with Gasteiger partial charge in [0.2, 0.25) is 0 Å². The Bertz CT molecular complexity index is 1280. The molecule has 33 heavy (non-hydrogen) atoms. The minimum absolute atomic E-state index is 0.0688. The van der Waals surface area contributed by atoms with Gasteiger partial charge in [0, 0.05) is 35.9 Å². The van der Waals surface area contributed by atoms with E-state index in [0.717, 1.165) is 33.6 Å². The van der Waals surface area contributed by atoms with Gasteiger partial charge in [-0.25, -0.2) is 9.97 Å². The van der Waals surface area contributed by atoms with Crippen LogP contribution < -0.4 is 11.1 Å². The van der Waals surface area contributed by atoms with E-state index in [1.165, 1.54) is 16.9 Å². The molecule has 2 atom stereocenters. The SMILES string of the molecule is CC[C@](C)(O)C#Cc1csc2c(NC[C@@H](N)Cc3ccccc3)nc(-c3ccncc3)nc12. The van der Waals surface area contributed by atoms with Crippen LogP contribution in [0.3, 0.4) is 0 Å². The maximum absolute atomic E-state index is 10.3. The molecule has 0 unspecified atom stereocenters. The zero-order valence-corrected chi connectivity index (χ0v) is 19.6. The zero-order chi connectivity index (χ0) is 23.3. The topological polar surface area (TPSA) is 97.0 Å². The Hall–Kier alpha value is -3.31. The summed E-state index contributed by atoms with van der Waals surface area (Å²) in [5.74, 6) is 7.40. The van der Waals surface area contributed by atoms with Gasteiger partial charge in [-0.2, -0.15) is 0 Å². The number of aliphatic hydroxyl groups is 1. The van der Waals surface area contributed by atoms with Gasteiger partial charge in [-0.3, -0.25) is 4.98 Å². The highest BCUT2D eigenvalue weighted by Crippen LogP contribution is 2.32. The number of fused-ring (bicyclic) bond motifs is 1. The van der Waals surface area contributed by atoms with Crippen molar-refractivity contribution in [3.8, 4) is 23.2 Å². The molecule has 0 amide bonds. The van der Waals surface area contributed by atoms with Gasteiger partial charge < -0.3 is 16.2 Å². The molecular weight excluding hydrogens is 430 g/mol. The highest BCUT2D eigenvalue weighted by atomic mass is 32.1. The summed E-state index contributed by atoms with van der Waals surface area (Å²) in [6.45, 7) is 4.19. The molecule has 4 rings (SSSR count). The first-order valence-corrected chi connectivity index (χ1v) is 11.8. The fraction of sp³-hybridized carbons (Fsp3) is 0.269. The third-order valence-corrected chi connectivity index (χ3v) is 6.36. The summed E-state index contributed by atoms with van der Waals surface area (Å²) in [5.41, 5.74) is 8.97. The smallest absolute Gasteiger partial charge is 0.162 e. The number of benzene rings is 1. The molecular formula is C26H27N5OS. The molecule has 0 radical (unpaired) electrons. The van der Waals surface area contributed by atoms with Gasteiger partial charge in [0.25, 0.3) is 0 Å². The van der Waals surface area contributed by atoms with E-state index in [2.05, 4.69) is 34.3 Å². The highest BCUT2D eigenvalue weighted by Gasteiger charge is 2.17. The van der Waals surface area contributed by atoms with E-state index in [1.807, 2.05) is 42.6 Å². The van der Waals surface area contributed by atoms with Crippen molar-refractivity contribution in [3.63, 3.8) is 0 Å². The molecule has 1 aromatic carbocycles. The largest absolute Gasteiger partial charge is 0.378 e. The molecule has 168 valence electrons. The van der Waals surface area contributed by atoms with Crippen molar-refractivity contribution in [1.82, 2.24) is 15.0 Å². The van der Waals surface area contributed by atoms with E-state index in [-0.39, 0.29) is 6.04 Å². The van der Waals surface area contributed by atoms with Crippen LogP contribution in [-0.4, -0.2) is 38.2 Å². The lowest BCUT2D eigenvalue weighted by Crippen LogP contribution is -2.31. The molecule has 0 spiro atoms. The van der Waals surface area contributed by atoms with Gasteiger partial charge in [-0.15, -0.1) is 11.3 Å². The standard InChI is InChI=1S/C26H27N5OS/c1-3-26(2,32)12-9-20-17-33-23-22(20)30-24(19-10-13-28-14-11-19)31-25(23)29-16-21(27)15-18-7-5-4-6-8-18/h4-8,10-11,13-14,17,21,32H,3,15-16,27H2,1-2H3,(H,29,30,31)/t21-,26-/m0/s1. The molecule has 0 saturated carbocycles. The highest BCUT2D eigenvalue weighted by molar-refractivity contribution is 7.18. The van der Waals surface area contributed by atoms with Crippen molar-refractivity contribution in [2.45, 2.75) is 38.3 Å². The van der Waals surface area contributed by atoms with Gasteiger partial charge >= 0.3 is 0 Å². The number of thiophene rings is 1. The van der Waals surface area contributed by atoms with Gasteiger partial charge in [0.15, 0.2) is 5.82 Å². The van der Waals surface area contributed by atoms with E-state index in [4.69, 9.17) is 15.7 Å². The Morgan fingerprint density at radius 2 is 1.91 bits per heavy atom. The van der Waals surface area contributed by atoms with E-state index >= 15 is 0 Å². The molecule has 4 aromatic rings. The fourth-order valence-corrected chi connectivity index (χ4v) is 4.17. The van der Waals surface area contributed by atoms with Gasteiger partial charge in [0.1, 0.15) is 16.9 Å². The van der Waals surface area contributed by atoms with Crippen LogP contribution in [0, 0.1) is 11.8 Å². The second-order valence-electron chi connectivity index (χ2n) is 8.17. The minimum Gasteiger partial charge on any atom is -0.378 e. The van der Waals surface area contributed by atoms with Crippen molar-refractivity contribution in [2.24, 2.45) is 5.73 Å². The van der Waals surface area contributed by atoms with E-state index in [0.29, 0.717) is 18.8 Å². The third kappa shape index (κ3) is 5.74. The van der Waals surface area contributed by atoms with Crippen molar-refractivity contribution in [2.75, 3.05) is 11.9 Å². The van der Waals surface area contributed by atoms with Crippen LogP contribution in [0.2, 0.25) is 0 Å². The number of pyridine rings is 1. The molecule has 0 fully saturated rings. The van der Waals surface area contributed by atoms with Gasteiger partial charge in [-0.1, -0.05) is 49.1 Å². The average molecular weight is 458 g/mol. The molecule has 3 aromatic heterocycles. The summed E-state index contributed by atoms with van der Waals surface area (Å²) >= 11 is 1.53. The van der Waals surface area contributed by atoms with Crippen LogP contribution in [0.4, 0.5) is 5.82 Å². The molecule has 4 N–H and O–H groups in total. The lowest BCUT2D eigenvalue weighted by atomic mass is 10.0. The Labute approximate surface area is 197 Å². The summed E-state index contributed by atoms with van der Waals surface area (Å²) in [4.78, 5) is 13.7. The quantitative estimate of drug-likeness (QED) is 0.359. The summed E-state index contributed by atoms with van der Waals surface area (Å²) < 4.78 is 0.917. The summed E-state index contributed by atoms with van der Waals surface area (Å²) in [5, 5.41) is 15.7. The average Bonchev–Trinajstić information content (AvgIpc) is 3.25. The lowest BCUT2D eigenvalue weighted by molar-refractivity contribution is 0.118. The number of nitrogens with zero attached hydrogens (tertiary/aromatic N) is 3. The van der Waals surface area contributed by atoms with Crippen LogP contribution >= 0.6 is 11.3 Å². The second kappa shape index (κ2) is 10.1. The Balaban J connectivity index is 1.67. The van der Waals surface area contributed by atoms with Crippen LogP contribution in [0.1, 0.15) is 31.4 Å². The van der Waals surface area contributed by atoms with E-state index in [1.54, 1.807) is 19.3 Å². The fourth-order valence-electron chi connectivity index (χ4n) is 3.26. The first-order valence-electron chi connectivity index (χ1n) is 10.9. The molecule has 0 bridgehead atoms. The van der Waals surface area contributed by atoms with Crippen molar-refractivity contribution in [1.29, 1.82) is 0 Å². The van der Waals surface area contributed by atoms with Gasteiger partial charge in [-0.05, 0) is 37.5 Å². The number of rotatable bonds is 7. The first kappa shape index (κ1) is 22.9. The number of nitrogens with one attached hydrogen (secondary N) is 1. The van der Waals surface area contributed by atoms with Crippen LogP contribution in [0.5, 0.6) is 0 Å². The number of hydrogen-bond donors (Lipinski definition) is 3. The maximum atomic E-state index is 10.3. The Morgan fingerprint density at radius 1 is 1.15 bits per heavy atom. The van der Waals surface area contributed by atoms with E-state index < -0.39 is 5.60 Å². The monoisotopic (exact) mass is 457 g/mol. The molecule has 0 aliphatic heterocycles. The second-order valence-corrected chi connectivity index (χ2v) is 9.05. The molecule has 0 aliphatic rings. The normalized spacial score (nSPS) is 13.7.